The van der Waals surface area contributed by atoms with Gasteiger partial charge < -0.3 is 0 Å². The summed E-state index contributed by atoms with van der Waals surface area (Å²) in [7, 11) is 0. The van der Waals surface area contributed by atoms with Crippen LogP contribution < -0.4 is 0 Å². The SMILES string of the molecule is N#CCCC(=O)C1CC2CCCC(C1)S2. The highest BCUT2D eigenvalue weighted by molar-refractivity contribution is 8.00. The molecule has 15 heavy (non-hydrogen) atoms. The Bertz CT molecular complexity index is 272. The number of carbonyl (C=O) groups is 1. The number of Topliss-reactive ketones (excluding diaryl/α,β-unsaturated/α-hetero) is 1. The lowest BCUT2D eigenvalue weighted by Crippen LogP contribution is -2.32. The molecule has 2 unspecified atom stereocenters. The lowest BCUT2D eigenvalue weighted by atomic mass is 9.85. The van der Waals surface area contributed by atoms with Crippen LogP contribution in [0.25, 0.3) is 0 Å². The zero-order chi connectivity index (χ0) is 10.7. The summed E-state index contributed by atoms with van der Waals surface area (Å²) >= 11 is 2.10. The molecule has 82 valence electrons. The summed E-state index contributed by atoms with van der Waals surface area (Å²) in [6.07, 6.45) is 6.97. The fourth-order valence-corrected chi connectivity index (χ4v) is 4.54. The highest BCUT2D eigenvalue weighted by Crippen LogP contribution is 2.44. The summed E-state index contributed by atoms with van der Waals surface area (Å²) in [4.78, 5) is 11.8. The Morgan fingerprint density at radius 1 is 1.33 bits per heavy atom. The van der Waals surface area contributed by atoms with Gasteiger partial charge in [-0.2, -0.15) is 17.0 Å². The van der Waals surface area contributed by atoms with Gasteiger partial charge in [-0.15, -0.1) is 0 Å². The minimum atomic E-state index is 0.273. The van der Waals surface area contributed by atoms with Crippen LogP contribution in [-0.2, 0) is 4.79 Å². The van der Waals surface area contributed by atoms with Crippen LogP contribution in [0.2, 0.25) is 0 Å². The molecule has 2 atom stereocenters. The summed E-state index contributed by atoms with van der Waals surface area (Å²) in [6.45, 7) is 0. The van der Waals surface area contributed by atoms with Crippen LogP contribution in [0.1, 0.15) is 44.9 Å². The Labute approximate surface area is 95.4 Å². The van der Waals surface area contributed by atoms with Crippen LogP contribution in [-0.4, -0.2) is 16.3 Å². The first kappa shape index (κ1) is 11.0. The minimum Gasteiger partial charge on any atom is -0.299 e. The Hall–Kier alpha value is -0.490. The average molecular weight is 223 g/mol. The van der Waals surface area contributed by atoms with Gasteiger partial charge in [0.1, 0.15) is 5.78 Å². The van der Waals surface area contributed by atoms with Gasteiger partial charge in [-0.05, 0) is 25.7 Å². The van der Waals surface area contributed by atoms with Crippen molar-refractivity contribution in [2.75, 3.05) is 0 Å². The summed E-state index contributed by atoms with van der Waals surface area (Å²) in [5.41, 5.74) is 0. The summed E-state index contributed by atoms with van der Waals surface area (Å²) in [5.74, 6) is 0.614. The standard InChI is InChI=1S/C12H17NOS/c13-6-2-5-12(14)9-7-10-3-1-4-11(8-9)15-10/h9-11H,1-5,7-8H2. The zero-order valence-electron chi connectivity index (χ0n) is 8.95. The van der Waals surface area contributed by atoms with E-state index in [1.807, 2.05) is 0 Å². The highest BCUT2D eigenvalue weighted by atomic mass is 32.2. The molecule has 0 spiro atoms. The second-order valence-electron chi connectivity index (χ2n) is 4.60. The van der Waals surface area contributed by atoms with Crippen molar-refractivity contribution in [2.24, 2.45) is 5.92 Å². The van der Waals surface area contributed by atoms with Crippen LogP contribution in [0.5, 0.6) is 0 Å². The number of hydrogen-bond donors (Lipinski definition) is 0. The molecule has 2 aliphatic heterocycles. The van der Waals surface area contributed by atoms with Crippen LogP contribution in [0.4, 0.5) is 0 Å². The van der Waals surface area contributed by atoms with Crippen LogP contribution >= 0.6 is 11.8 Å². The summed E-state index contributed by atoms with van der Waals surface area (Å²) < 4.78 is 0. The van der Waals surface area contributed by atoms with E-state index in [4.69, 9.17) is 5.26 Å². The highest BCUT2D eigenvalue weighted by Gasteiger charge is 2.34. The molecule has 2 aliphatic rings. The molecular weight excluding hydrogens is 206 g/mol. The van der Waals surface area contributed by atoms with Crippen LogP contribution in [0, 0.1) is 17.2 Å². The predicted molar refractivity (Wildman–Crippen MR) is 61.6 cm³/mol. The number of nitriles is 1. The van der Waals surface area contributed by atoms with E-state index >= 15 is 0 Å². The average Bonchev–Trinajstić information content (AvgIpc) is 2.25. The van der Waals surface area contributed by atoms with E-state index in [0.717, 1.165) is 23.3 Å². The van der Waals surface area contributed by atoms with Gasteiger partial charge in [0.05, 0.1) is 6.07 Å². The van der Waals surface area contributed by atoms with Crippen molar-refractivity contribution in [2.45, 2.75) is 55.4 Å². The lowest BCUT2D eigenvalue weighted by Gasteiger charge is -2.37. The van der Waals surface area contributed by atoms with Crippen LogP contribution in [0.15, 0.2) is 0 Å². The van der Waals surface area contributed by atoms with Crippen molar-refractivity contribution in [1.82, 2.24) is 0 Å². The maximum atomic E-state index is 11.8. The Balaban J connectivity index is 1.88. The van der Waals surface area contributed by atoms with E-state index in [1.165, 1.54) is 19.3 Å². The normalized spacial score (nSPS) is 34.5. The van der Waals surface area contributed by atoms with E-state index in [1.54, 1.807) is 0 Å². The fourth-order valence-electron chi connectivity index (χ4n) is 2.71. The van der Waals surface area contributed by atoms with E-state index in [0.29, 0.717) is 18.6 Å². The Kier molecular flexibility index (Phi) is 3.69. The number of nitrogens with zero attached hydrogens (tertiary/aromatic N) is 1. The molecule has 0 aromatic rings. The van der Waals surface area contributed by atoms with Crippen molar-refractivity contribution in [3.63, 3.8) is 0 Å². The summed E-state index contributed by atoms with van der Waals surface area (Å²) in [6, 6.07) is 2.06. The molecule has 0 saturated carbocycles. The third kappa shape index (κ3) is 2.75. The second kappa shape index (κ2) is 5.03. The first-order valence-corrected chi connectivity index (χ1v) is 6.79. The molecular formula is C12H17NOS. The van der Waals surface area contributed by atoms with Crippen LogP contribution in [0.3, 0.4) is 0 Å². The number of ketones is 1. The van der Waals surface area contributed by atoms with Crippen molar-refractivity contribution in [3.05, 3.63) is 0 Å². The summed E-state index contributed by atoms with van der Waals surface area (Å²) in [5, 5.41) is 9.93. The second-order valence-corrected chi connectivity index (χ2v) is 6.21. The molecule has 0 aliphatic carbocycles. The van der Waals surface area contributed by atoms with Gasteiger partial charge in [-0.25, -0.2) is 0 Å². The van der Waals surface area contributed by atoms with Crippen molar-refractivity contribution >= 4 is 17.5 Å². The molecule has 0 aromatic heterocycles. The molecule has 2 heterocycles. The van der Waals surface area contributed by atoms with Gasteiger partial charge >= 0.3 is 0 Å². The quantitative estimate of drug-likeness (QED) is 0.738. The van der Waals surface area contributed by atoms with Crippen molar-refractivity contribution < 1.29 is 4.79 Å². The number of hydrogen-bond acceptors (Lipinski definition) is 3. The van der Waals surface area contributed by atoms with Gasteiger partial charge in [0.2, 0.25) is 0 Å². The first-order valence-electron chi connectivity index (χ1n) is 5.84. The lowest BCUT2D eigenvalue weighted by molar-refractivity contribution is -0.123. The molecule has 2 fully saturated rings. The predicted octanol–water partition coefficient (Wildman–Crippen LogP) is 2.92. The van der Waals surface area contributed by atoms with E-state index in [-0.39, 0.29) is 5.92 Å². The molecule has 2 bridgehead atoms. The molecule has 0 amide bonds. The number of thioether (sulfide) groups is 1. The molecule has 3 heteroatoms. The monoisotopic (exact) mass is 223 g/mol. The van der Waals surface area contributed by atoms with E-state index in [2.05, 4.69) is 17.8 Å². The molecule has 2 rings (SSSR count). The van der Waals surface area contributed by atoms with E-state index in [9.17, 15) is 4.79 Å². The molecule has 0 radical (unpaired) electrons. The van der Waals surface area contributed by atoms with Crippen molar-refractivity contribution in [1.29, 1.82) is 5.26 Å². The zero-order valence-corrected chi connectivity index (χ0v) is 9.76. The topological polar surface area (TPSA) is 40.9 Å². The number of fused-ring (bicyclic) bond motifs is 2. The largest absolute Gasteiger partial charge is 0.299 e. The van der Waals surface area contributed by atoms with Gasteiger partial charge in [0, 0.05) is 29.3 Å². The number of carbonyl (C=O) groups excluding carboxylic acids is 1. The van der Waals surface area contributed by atoms with Crippen molar-refractivity contribution in [3.8, 4) is 6.07 Å². The molecule has 0 aromatic carbocycles. The molecule has 0 N–H and O–H groups in total. The van der Waals surface area contributed by atoms with Gasteiger partial charge in [-0.3, -0.25) is 4.79 Å². The molecule has 2 nitrogen and oxygen atoms in total. The first-order chi connectivity index (χ1) is 7.29. The molecule has 2 saturated heterocycles. The third-order valence-electron chi connectivity index (χ3n) is 3.47. The van der Waals surface area contributed by atoms with Gasteiger partial charge in [0.15, 0.2) is 0 Å². The van der Waals surface area contributed by atoms with Gasteiger partial charge in [-0.1, -0.05) is 6.42 Å². The Morgan fingerprint density at radius 2 is 2.00 bits per heavy atom. The maximum absolute atomic E-state index is 11.8. The maximum Gasteiger partial charge on any atom is 0.137 e. The van der Waals surface area contributed by atoms with E-state index < -0.39 is 0 Å². The number of rotatable bonds is 3. The third-order valence-corrected chi connectivity index (χ3v) is 5.10. The smallest absolute Gasteiger partial charge is 0.137 e. The fraction of sp³-hybridized carbons (Fsp3) is 0.833. The van der Waals surface area contributed by atoms with Gasteiger partial charge in [0.25, 0.3) is 0 Å². The Morgan fingerprint density at radius 3 is 2.60 bits per heavy atom. The minimum absolute atomic E-state index is 0.273.